The van der Waals surface area contributed by atoms with Crippen LogP contribution in [0.15, 0.2) is 12.3 Å². The highest BCUT2D eigenvalue weighted by Crippen LogP contribution is 2.13. The van der Waals surface area contributed by atoms with Crippen molar-refractivity contribution in [2.75, 3.05) is 12.0 Å². The second kappa shape index (κ2) is 8.21. The SMILES string of the molecule is CCC(C)NC(=O)CCNC(=O)c1cnc(C)cc1NN. The number of anilines is 1. The lowest BCUT2D eigenvalue weighted by Crippen LogP contribution is -2.35. The van der Waals surface area contributed by atoms with Crippen molar-refractivity contribution in [3.05, 3.63) is 23.5 Å². The Labute approximate surface area is 124 Å². The minimum Gasteiger partial charge on any atom is -0.354 e. The van der Waals surface area contributed by atoms with E-state index >= 15 is 0 Å². The number of hydrazine groups is 1. The molecule has 0 bridgehead atoms. The molecule has 1 aromatic rings. The molecule has 0 radical (unpaired) electrons. The van der Waals surface area contributed by atoms with E-state index in [2.05, 4.69) is 21.0 Å². The van der Waals surface area contributed by atoms with Gasteiger partial charge in [0, 0.05) is 30.9 Å². The summed E-state index contributed by atoms with van der Waals surface area (Å²) in [5.41, 5.74) is 4.08. The molecular weight excluding hydrogens is 270 g/mol. The number of carbonyl (C=O) groups is 2. The number of pyridine rings is 1. The average molecular weight is 293 g/mol. The van der Waals surface area contributed by atoms with Crippen LogP contribution in [0, 0.1) is 6.92 Å². The molecule has 0 spiro atoms. The summed E-state index contributed by atoms with van der Waals surface area (Å²) in [7, 11) is 0. The Morgan fingerprint density at radius 3 is 2.76 bits per heavy atom. The lowest BCUT2D eigenvalue weighted by Gasteiger charge is -2.12. The van der Waals surface area contributed by atoms with E-state index in [1.54, 1.807) is 6.07 Å². The number of nitrogens with one attached hydrogen (secondary N) is 3. The normalized spacial score (nSPS) is 11.6. The van der Waals surface area contributed by atoms with E-state index < -0.39 is 0 Å². The second-order valence-electron chi connectivity index (χ2n) is 4.90. The fraction of sp³-hybridized carbons (Fsp3) is 0.500. The van der Waals surface area contributed by atoms with Gasteiger partial charge in [-0.2, -0.15) is 0 Å². The molecule has 1 rings (SSSR count). The van der Waals surface area contributed by atoms with Gasteiger partial charge in [-0.1, -0.05) is 6.92 Å². The van der Waals surface area contributed by atoms with Gasteiger partial charge in [0.25, 0.3) is 5.91 Å². The Kier molecular flexibility index (Phi) is 6.61. The van der Waals surface area contributed by atoms with E-state index in [0.29, 0.717) is 11.3 Å². The van der Waals surface area contributed by atoms with Crippen LogP contribution in [-0.4, -0.2) is 29.4 Å². The van der Waals surface area contributed by atoms with Crippen LogP contribution in [0.25, 0.3) is 0 Å². The first-order valence-corrected chi connectivity index (χ1v) is 6.98. The fourth-order valence-electron chi connectivity index (χ4n) is 1.69. The van der Waals surface area contributed by atoms with Crippen molar-refractivity contribution in [3.63, 3.8) is 0 Å². The number of aromatic nitrogens is 1. The van der Waals surface area contributed by atoms with Crippen molar-refractivity contribution in [1.82, 2.24) is 15.6 Å². The molecule has 1 heterocycles. The predicted molar refractivity (Wildman–Crippen MR) is 81.6 cm³/mol. The highest BCUT2D eigenvalue weighted by Gasteiger charge is 2.12. The molecule has 0 aliphatic heterocycles. The van der Waals surface area contributed by atoms with E-state index in [4.69, 9.17) is 5.84 Å². The third-order valence-corrected chi connectivity index (χ3v) is 3.10. The van der Waals surface area contributed by atoms with E-state index in [-0.39, 0.29) is 30.8 Å². The maximum absolute atomic E-state index is 12.0. The topological polar surface area (TPSA) is 109 Å². The Bertz CT molecular complexity index is 504. The Balaban J connectivity index is 2.49. The van der Waals surface area contributed by atoms with Crippen molar-refractivity contribution in [2.24, 2.45) is 5.84 Å². The molecule has 0 saturated heterocycles. The van der Waals surface area contributed by atoms with Gasteiger partial charge in [-0.15, -0.1) is 0 Å². The number of nitrogens with zero attached hydrogens (tertiary/aromatic N) is 1. The van der Waals surface area contributed by atoms with Crippen LogP contribution in [0.5, 0.6) is 0 Å². The molecule has 0 aliphatic rings. The van der Waals surface area contributed by atoms with Gasteiger partial charge in [-0.25, -0.2) is 0 Å². The molecule has 116 valence electrons. The van der Waals surface area contributed by atoms with E-state index in [1.807, 2.05) is 20.8 Å². The lowest BCUT2D eigenvalue weighted by molar-refractivity contribution is -0.121. The van der Waals surface area contributed by atoms with Crippen LogP contribution >= 0.6 is 0 Å². The lowest BCUT2D eigenvalue weighted by atomic mass is 10.2. The zero-order valence-corrected chi connectivity index (χ0v) is 12.7. The smallest absolute Gasteiger partial charge is 0.255 e. The number of hydrogen-bond acceptors (Lipinski definition) is 5. The van der Waals surface area contributed by atoms with E-state index in [0.717, 1.165) is 12.1 Å². The summed E-state index contributed by atoms with van der Waals surface area (Å²) in [5.74, 6) is 4.99. The molecule has 1 unspecified atom stereocenters. The maximum Gasteiger partial charge on any atom is 0.255 e. The van der Waals surface area contributed by atoms with Crippen LogP contribution in [0.2, 0.25) is 0 Å². The molecule has 1 aromatic heterocycles. The summed E-state index contributed by atoms with van der Waals surface area (Å²) >= 11 is 0. The largest absolute Gasteiger partial charge is 0.354 e. The van der Waals surface area contributed by atoms with Crippen molar-refractivity contribution >= 4 is 17.5 Å². The van der Waals surface area contributed by atoms with Crippen LogP contribution in [0.1, 0.15) is 42.7 Å². The highest BCUT2D eigenvalue weighted by molar-refractivity contribution is 5.99. The first-order valence-electron chi connectivity index (χ1n) is 6.98. The molecule has 0 saturated carbocycles. The van der Waals surface area contributed by atoms with E-state index in [9.17, 15) is 9.59 Å². The molecule has 1 atom stereocenters. The summed E-state index contributed by atoms with van der Waals surface area (Å²) in [4.78, 5) is 27.7. The summed E-state index contributed by atoms with van der Waals surface area (Å²) in [6, 6.07) is 1.83. The molecule has 21 heavy (non-hydrogen) atoms. The van der Waals surface area contributed by atoms with Crippen LogP contribution in [0.4, 0.5) is 5.69 Å². The van der Waals surface area contributed by atoms with Crippen LogP contribution in [-0.2, 0) is 4.79 Å². The van der Waals surface area contributed by atoms with Crippen molar-refractivity contribution in [3.8, 4) is 0 Å². The monoisotopic (exact) mass is 293 g/mol. The molecular formula is C14H23N5O2. The first kappa shape index (κ1) is 16.9. The zero-order valence-electron chi connectivity index (χ0n) is 12.7. The van der Waals surface area contributed by atoms with Gasteiger partial charge in [0.05, 0.1) is 11.3 Å². The minimum atomic E-state index is -0.313. The molecule has 5 N–H and O–H groups in total. The Hall–Kier alpha value is -2.15. The van der Waals surface area contributed by atoms with Crippen molar-refractivity contribution in [2.45, 2.75) is 39.7 Å². The summed E-state index contributed by atoms with van der Waals surface area (Å²) in [5, 5.41) is 5.52. The third kappa shape index (κ3) is 5.39. The number of aryl methyl sites for hydroxylation is 1. The minimum absolute atomic E-state index is 0.0798. The van der Waals surface area contributed by atoms with E-state index in [1.165, 1.54) is 6.20 Å². The van der Waals surface area contributed by atoms with Crippen molar-refractivity contribution < 1.29 is 9.59 Å². The molecule has 0 aliphatic carbocycles. The molecule has 0 aromatic carbocycles. The van der Waals surface area contributed by atoms with Crippen LogP contribution < -0.4 is 21.9 Å². The van der Waals surface area contributed by atoms with Gasteiger partial charge in [0.15, 0.2) is 0 Å². The summed E-state index contributed by atoms with van der Waals surface area (Å²) < 4.78 is 0. The standard InChI is InChI=1S/C14H23N5O2/c1-4-9(2)18-13(20)5-6-16-14(21)11-8-17-10(3)7-12(11)19-15/h7-9H,4-6,15H2,1-3H3,(H,16,21)(H,17,19)(H,18,20). The molecule has 2 amide bonds. The number of hydrogen-bond donors (Lipinski definition) is 4. The quantitative estimate of drug-likeness (QED) is 0.437. The van der Waals surface area contributed by atoms with Crippen molar-refractivity contribution in [1.29, 1.82) is 0 Å². The van der Waals surface area contributed by atoms with Gasteiger partial charge in [0.2, 0.25) is 5.91 Å². The molecule has 0 fully saturated rings. The van der Waals surface area contributed by atoms with Gasteiger partial charge in [0.1, 0.15) is 0 Å². The fourth-order valence-corrected chi connectivity index (χ4v) is 1.69. The average Bonchev–Trinajstić information content (AvgIpc) is 2.46. The number of nitrogens with two attached hydrogens (primary N) is 1. The Morgan fingerprint density at radius 2 is 2.14 bits per heavy atom. The molecule has 7 heteroatoms. The zero-order chi connectivity index (χ0) is 15.8. The second-order valence-corrected chi connectivity index (χ2v) is 4.90. The number of nitrogen functional groups attached to an aromatic ring is 1. The maximum atomic E-state index is 12.0. The number of amides is 2. The van der Waals surface area contributed by atoms with Gasteiger partial charge >= 0.3 is 0 Å². The highest BCUT2D eigenvalue weighted by atomic mass is 16.2. The number of carbonyl (C=O) groups excluding carboxylic acids is 2. The van der Waals surface area contributed by atoms with Gasteiger partial charge in [-0.3, -0.25) is 20.4 Å². The first-order chi connectivity index (χ1) is 9.97. The number of rotatable bonds is 7. The summed E-state index contributed by atoms with van der Waals surface area (Å²) in [6.07, 6.45) is 2.57. The predicted octanol–water partition coefficient (Wildman–Crippen LogP) is 0.710. The van der Waals surface area contributed by atoms with Gasteiger partial charge < -0.3 is 16.1 Å². The molecule has 7 nitrogen and oxygen atoms in total. The van der Waals surface area contributed by atoms with Crippen LogP contribution in [0.3, 0.4) is 0 Å². The third-order valence-electron chi connectivity index (χ3n) is 3.10. The van der Waals surface area contributed by atoms with Gasteiger partial charge in [-0.05, 0) is 26.3 Å². The summed E-state index contributed by atoms with van der Waals surface area (Å²) in [6.45, 7) is 6.01. The Morgan fingerprint density at radius 1 is 1.43 bits per heavy atom.